The summed E-state index contributed by atoms with van der Waals surface area (Å²) in [6, 6.07) is 17.8. The first-order valence-corrected chi connectivity index (χ1v) is 7.85. The van der Waals surface area contributed by atoms with Gasteiger partial charge in [-0.2, -0.15) is 0 Å². The van der Waals surface area contributed by atoms with E-state index in [2.05, 4.69) is 17.4 Å². The summed E-state index contributed by atoms with van der Waals surface area (Å²) in [4.78, 5) is 11.7. The maximum atomic E-state index is 11.7. The molecular formula is C19H21NO3. The van der Waals surface area contributed by atoms with Gasteiger partial charge in [0.1, 0.15) is 12.4 Å². The average Bonchev–Trinajstić information content (AvgIpc) is 3.39. The van der Waals surface area contributed by atoms with Crippen LogP contribution in [0.25, 0.3) is 0 Å². The summed E-state index contributed by atoms with van der Waals surface area (Å²) in [5.41, 5.74) is 2.26. The predicted molar refractivity (Wildman–Crippen MR) is 88.5 cm³/mol. The number of nitrogens with one attached hydrogen (secondary N) is 1. The quantitative estimate of drug-likeness (QED) is 0.884. The summed E-state index contributed by atoms with van der Waals surface area (Å²) in [6.45, 7) is 0.951. The Morgan fingerprint density at radius 3 is 2.78 bits per heavy atom. The summed E-state index contributed by atoms with van der Waals surface area (Å²) in [7, 11) is 1.67. The third kappa shape index (κ3) is 4.25. The first-order valence-electron chi connectivity index (χ1n) is 7.85. The van der Waals surface area contributed by atoms with Crippen molar-refractivity contribution in [2.24, 2.45) is 5.92 Å². The largest absolute Gasteiger partial charge is 0.497 e. The van der Waals surface area contributed by atoms with Crippen molar-refractivity contribution in [2.75, 3.05) is 13.7 Å². The Balaban J connectivity index is 1.40. The predicted octanol–water partition coefficient (Wildman–Crippen LogP) is 3.73. The minimum Gasteiger partial charge on any atom is -0.497 e. The summed E-state index contributed by atoms with van der Waals surface area (Å²) < 4.78 is 10.5. The van der Waals surface area contributed by atoms with Crippen LogP contribution in [0.2, 0.25) is 0 Å². The van der Waals surface area contributed by atoms with E-state index >= 15 is 0 Å². The van der Waals surface area contributed by atoms with Gasteiger partial charge in [-0.25, -0.2) is 4.79 Å². The van der Waals surface area contributed by atoms with E-state index in [4.69, 9.17) is 9.47 Å². The van der Waals surface area contributed by atoms with Gasteiger partial charge in [-0.3, -0.25) is 0 Å². The number of methoxy groups -OCH3 is 1. The number of hydrogen-bond acceptors (Lipinski definition) is 3. The van der Waals surface area contributed by atoms with Gasteiger partial charge in [0.25, 0.3) is 0 Å². The van der Waals surface area contributed by atoms with Gasteiger partial charge in [-0.1, -0.05) is 42.5 Å². The number of ether oxygens (including phenoxy) is 2. The Hall–Kier alpha value is -2.49. The van der Waals surface area contributed by atoms with Gasteiger partial charge in [0.15, 0.2) is 0 Å². The lowest BCUT2D eigenvalue weighted by Crippen LogP contribution is -2.26. The van der Waals surface area contributed by atoms with Crippen LogP contribution in [0, 0.1) is 5.92 Å². The van der Waals surface area contributed by atoms with Gasteiger partial charge in [0.2, 0.25) is 0 Å². The van der Waals surface area contributed by atoms with Crippen molar-refractivity contribution in [3.05, 3.63) is 65.7 Å². The molecule has 1 saturated carbocycles. The molecule has 2 atom stereocenters. The van der Waals surface area contributed by atoms with E-state index in [1.807, 2.05) is 42.5 Å². The van der Waals surface area contributed by atoms with Crippen LogP contribution in [-0.2, 0) is 11.3 Å². The van der Waals surface area contributed by atoms with E-state index in [-0.39, 0.29) is 6.09 Å². The second kappa shape index (κ2) is 7.18. The molecule has 0 unspecified atom stereocenters. The monoisotopic (exact) mass is 311 g/mol. The highest BCUT2D eigenvalue weighted by atomic mass is 16.5. The van der Waals surface area contributed by atoms with Crippen LogP contribution < -0.4 is 10.1 Å². The molecule has 1 N–H and O–H groups in total. The van der Waals surface area contributed by atoms with Crippen LogP contribution in [0.3, 0.4) is 0 Å². The van der Waals surface area contributed by atoms with Crippen LogP contribution in [0.1, 0.15) is 23.5 Å². The molecule has 23 heavy (non-hydrogen) atoms. The number of benzene rings is 2. The smallest absolute Gasteiger partial charge is 0.407 e. The maximum Gasteiger partial charge on any atom is 0.407 e. The molecule has 1 aliphatic rings. The topological polar surface area (TPSA) is 47.6 Å². The molecule has 0 saturated heterocycles. The van der Waals surface area contributed by atoms with Gasteiger partial charge in [0, 0.05) is 6.54 Å². The van der Waals surface area contributed by atoms with E-state index in [9.17, 15) is 4.79 Å². The molecule has 0 radical (unpaired) electrons. The van der Waals surface area contributed by atoms with Crippen LogP contribution in [0.4, 0.5) is 4.79 Å². The first-order chi connectivity index (χ1) is 11.3. The van der Waals surface area contributed by atoms with Crippen molar-refractivity contribution in [1.82, 2.24) is 5.32 Å². The van der Waals surface area contributed by atoms with Gasteiger partial charge in [0.05, 0.1) is 7.11 Å². The van der Waals surface area contributed by atoms with Gasteiger partial charge in [-0.05, 0) is 41.5 Å². The molecule has 0 bridgehead atoms. The SMILES string of the molecule is COc1cccc([C@H]2C[C@@H]2CNC(=O)OCc2ccccc2)c1. The zero-order valence-corrected chi connectivity index (χ0v) is 13.2. The van der Waals surface area contributed by atoms with Gasteiger partial charge in [-0.15, -0.1) is 0 Å². The zero-order chi connectivity index (χ0) is 16.1. The highest BCUT2D eigenvalue weighted by molar-refractivity contribution is 5.67. The summed E-state index contributed by atoms with van der Waals surface area (Å²) >= 11 is 0. The van der Waals surface area contributed by atoms with Crippen molar-refractivity contribution >= 4 is 6.09 Å². The second-order valence-electron chi connectivity index (χ2n) is 5.82. The summed E-state index contributed by atoms with van der Waals surface area (Å²) in [6.07, 6.45) is 0.733. The lowest BCUT2D eigenvalue weighted by atomic mass is 10.1. The zero-order valence-electron chi connectivity index (χ0n) is 13.2. The van der Waals surface area contributed by atoms with Crippen molar-refractivity contribution in [3.63, 3.8) is 0 Å². The summed E-state index contributed by atoms with van der Waals surface area (Å²) in [5, 5.41) is 2.85. The van der Waals surface area contributed by atoms with Crippen molar-refractivity contribution in [3.8, 4) is 5.75 Å². The average molecular weight is 311 g/mol. The van der Waals surface area contributed by atoms with E-state index in [1.165, 1.54) is 5.56 Å². The lowest BCUT2D eigenvalue weighted by Gasteiger charge is -2.07. The molecule has 1 aliphatic carbocycles. The Morgan fingerprint density at radius 2 is 2.00 bits per heavy atom. The Morgan fingerprint density at radius 1 is 1.17 bits per heavy atom. The molecule has 1 fully saturated rings. The molecule has 2 aromatic rings. The van der Waals surface area contributed by atoms with Crippen molar-refractivity contribution in [2.45, 2.75) is 18.9 Å². The number of hydrogen-bond donors (Lipinski definition) is 1. The molecule has 4 heteroatoms. The Kier molecular flexibility index (Phi) is 4.81. The lowest BCUT2D eigenvalue weighted by molar-refractivity contribution is 0.139. The number of carbonyl (C=O) groups excluding carboxylic acids is 1. The van der Waals surface area contributed by atoms with Gasteiger partial charge >= 0.3 is 6.09 Å². The van der Waals surface area contributed by atoms with Crippen LogP contribution in [0.15, 0.2) is 54.6 Å². The number of rotatable bonds is 6. The fraction of sp³-hybridized carbons (Fsp3) is 0.316. The van der Waals surface area contributed by atoms with E-state index in [1.54, 1.807) is 7.11 Å². The third-order valence-electron chi connectivity index (χ3n) is 4.17. The first kappa shape index (κ1) is 15.4. The molecule has 0 heterocycles. The molecule has 2 aromatic carbocycles. The van der Waals surface area contributed by atoms with Crippen molar-refractivity contribution < 1.29 is 14.3 Å². The summed E-state index contributed by atoms with van der Waals surface area (Å²) in [5.74, 6) is 1.86. The Labute approximate surface area is 136 Å². The molecule has 4 nitrogen and oxygen atoms in total. The normalized spacial score (nSPS) is 19.0. The molecule has 3 rings (SSSR count). The van der Waals surface area contributed by atoms with Crippen LogP contribution >= 0.6 is 0 Å². The standard InChI is InChI=1S/C19H21NO3/c1-22-17-9-5-8-15(10-17)18-11-16(18)12-20-19(21)23-13-14-6-3-2-4-7-14/h2-10,16,18H,11-13H2,1H3,(H,20,21)/t16-,18-/m1/s1. The molecule has 1 amide bonds. The van der Waals surface area contributed by atoms with E-state index in [0.29, 0.717) is 25.0 Å². The molecule has 0 spiro atoms. The maximum absolute atomic E-state index is 11.7. The van der Waals surface area contributed by atoms with Gasteiger partial charge < -0.3 is 14.8 Å². The number of alkyl carbamates (subject to hydrolysis) is 1. The van der Waals surface area contributed by atoms with E-state index in [0.717, 1.165) is 17.7 Å². The number of carbonyl (C=O) groups is 1. The fourth-order valence-corrected chi connectivity index (χ4v) is 2.74. The van der Waals surface area contributed by atoms with Crippen molar-refractivity contribution in [1.29, 1.82) is 0 Å². The molecule has 120 valence electrons. The van der Waals surface area contributed by atoms with E-state index < -0.39 is 0 Å². The Bertz CT molecular complexity index is 657. The highest BCUT2D eigenvalue weighted by Crippen LogP contribution is 2.47. The minimum atomic E-state index is -0.356. The van der Waals surface area contributed by atoms with Crippen LogP contribution in [-0.4, -0.2) is 19.7 Å². The van der Waals surface area contributed by atoms with Crippen LogP contribution in [0.5, 0.6) is 5.75 Å². The highest BCUT2D eigenvalue weighted by Gasteiger charge is 2.38. The number of amides is 1. The fourth-order valence-electron chi connectivity index (χ4n) is 2.74. The minimum absolute atomic E-state index is 0.302. The third-order valence-corrected chi connectivity index (χ3v) is 4.17. The second-order valence-corrected chi connectivity index (χ2v) is 5.82. The molecule has 0 aliphatic heterocycles. The molecular weight excluding hydrogens is 290 g/mol. The molecule has 0 aromatic heterocycles.